The van der Waals surface area contributed by atoms with Crippen LogP contribution in [0.4, 0.5) is 0 Å². The van der Waals surface area contributed by atoms with E-state index in [1.807, 2.05) is 37.3 Å². The van der Waals surface area contributed by atoms with E-state index in [4.69, 9.17) is 5.11 Å². The van der Waals surface area contributed by atoms with Crippen LogP contribution in [0, 0.1) is 5.92 Å². The Morgan fingerprint density at radius 1 is 0.950 bits per heavy atom. The average Bonchev–Trinajstić information content (AvgIpc) is 2.47. The van der Waals surface area contributed by atoms with E-state index in [1.54, 1.807) is 18.2 Å². The lowest BCUT2D eigenvalue weighted by molar-refractivity contribution is 0.0690. The highest BCUT2D eigenvalue weighted by molar-refractivity contribution is 6.06. The SMILES string of the molecule is C[C@@H](Cc1ccccc1)C(=O)c1ccccc1C(=O)O. The second-order valence-electron chi connectivity index (χ2n) is 4.81. The lowest BCUT2D eigenvalue weighted by Gasteiger charge is -2.12. The van der Waals surface area contributed by atoms with Gasteiger partial charge in [-0.05, 0) is 18.1 Å². The highest BCUT2D eigenvalue weighted by atomic mass is 16.4. The summed E-state index contributed by atoms with van der Waals surface area (Å²) in [4.78, 5) is 23.6. The van der Waals surface area contributed by atoms with Gasteiger partial charge in [0.2, 0.25) is 0 Å². The Morgan fingerprint density at radius 3 is 2.10 bits per heavy atom. The molecule has 0 radical (unpaired) electrons. The van der Waals surface area contributed by atoms with Crippen LogP contribution >= 0.6 is 0 Å². The first-order valence-electron chi connectivity index (χ1n) is 6.50. The number of rotatable bonds is 5. The van der Waals surface area contributed by atoms with Crippen molar-refractivity contribution in [1.29, 1.82) is 0 Å². The minimum atomic E-state index is -1.07. The largest absolute Gasteiger partial charge is 0.478 e. The second kappa shape index (κ2) is 6.15. The fraction of sp³-hybridized carbons (Fsp3) is 0.176. The normalized spacial score (nSPS) is 11.8. The molecule has 0 aliphatic heterocycles. The van der Waals surface area contributed by atoms with Gasteiger partial charge in [-0.1, -0.05) is 55.5 Å². The summed E-state index contributed by atoms with van der Waals surface area (Å²) in [6, 6.07) is 16.1. The van der Waals surface area contributed by atoms with Gasteiger partial charge < -0.3 is 5.11 Å². The summed E-state index contributed by atoms with van der Waals surface area (Å²) < 4.78 is 0. The van der Waals surface area contributed by atoms with E-state index in [0.29, 0.717) is 6.42 Å². The van der Waals surface area contributed by atoms with E-state index in [9.17, 15) is 9.59 Å². The molecule has 0 aliphatic rings. The first kappa shape index (κ1) is 14.0. The third kappa shape index (κ3) is 3.12. The Hall–Kier alpha value is -2.42. The summed E-state index contributed by atoms with van der Waals surface area (Å²) >= 11 is 0. The fourth-order valence-electron chi connectivity index (χ4n) is 2.21. The van der Waals surface area contributed by atoms with Gasteiger partial charge in [0.1, 0.15) is 0 Å². The van der Waals surface area contributed by atoms with Crippen molar-refractivity contribution in [2.75, 3.05) is 0 Å². The zero-order chi connectivity index (χ0) is 14.5. The number of carbonyl (C=O) groups excluding carboxylic acids is 1. The van der Waals surface area contributed by atoms with E-state index in [1.165, 1.54) is 6.07 Å². The molecule has 2 aromatic carbocycles. The molecule has 0 saturated heterocycles. The number of aromatic carboxylic acids is 1. The van der Waals surface area contributed by atoms with Crippen molar-refractivity contribution in [3.05, 3.63) is 71.3 Å². The zero-order valence-corrected chi connectivity index (χ0v) is 11.2. The maximum Gasteiger partial charge on any atom is 0.336 e. The Balaban J connectivity index is 2.21. The summed E-state index contributed by atoms with van der Waals surface area (Å²) in [7, 11) is 0. The van der Waals surface area contributed by atoms with E-state index in [0.717, 1.165) is 5.56 Å². The third-order valence-electron chi connectivity index (χ3n) is 3.26. The lowest BCUT2D eigenvalue weighted by atomic mass is 9.90. The van der Waals surface area contributed by atoms with Gasteiger partial charge in [0.15, 0.2) is 5.78 Å². The molecule has 102 valence electrons. The minimum Gasteiger partial charge on any atom is -0.478 e. The lowest BCUT2D eigenvalue weighted by Crippen LogP contribution is -2.17. The third-order valence-corrected chi connectivity index (χ3v) is 3.26. The number of carboxylic acid groups (broad SMARTS) is 1. The molecule has 3 nitrogen and oxygen atoms in total. The first-order chi connectivity index (χ1) is 9.59. The van der Waals surface area contributed by atoms with E-state index in [-0.39, 0.29) is 22.8 Å². The van der Waals surface area contributed by atoms with Gasteiger partial charge >= 0.3 is 5.97 Å². The van der Waals surface area contributed by atoms with Gasteiger partial charge in [0.25, 0.3) is 0 Å². The number of hydrogen-bond acceptors (Lipinski definition) is 2. The van der Waals surface area contributed by atoms with Crippen LogP contribution in [0.1, 0.15) is 33.2 Å². The molecule has 20 heavy (non-hydrogen) atoms. The molecular weight excluding hydrogens is 252 g/mol. The molecule has 0 bridgehead atoms. The molecule has 1 N–H and O–H groups in total. The first-order valence-corrected chi connectivity index (χ1v) is 6.50. The van der Waals surface area contributed by atoms with Crippen molar-refractivity contribution in [2.24, 2.45) is 5.92 Å². The van der Waals surface area contributed by atoms with Crippen LogP contribution in [0.5, 0.6) is 0 Å². The summed E-state index contributed by atoms with van der Waals surface area (Å²) in [5, 5.41) is 9.13. The van der Waals surface area contributed by atoms with E-state index < -0.39 is 5.97 Å². The van der Waals surface area contributed by atoms with Gasteiger partial charge in [-0.15, -0.1) is 0 Å². The highest BCUT2D eigenvalue weighted by Crippen LogP contribution is 2.17. The summed E-state index contributed by atoms with van der Waals surface area (Å²) in [5.41, 5.74) is 1.42. The van der Waals surface area contributed by atoms with E-state index >= 15 is 0 Å². The van der Waals surface area contributed by atoms with Crippen LogP contribution in [0.25, 0.3) is 0 Å². The van der Waals surface area contributed by atoms with Crippen LogP contribution in [-0.4, -0.2) is 16.9 Å². The second-order valence-corrected chi connectivity index (χ2v) is 4.81. The van der Waals surface area contributed by atoms with Crippen molar-refractivity contribution >= 4 is 11.8 Å². The quantitative estimate of drug-likeness (QED) is 0.845. The monoisotopic (exact) mass is 268 g/mol. The molecule has 0 spiro atoms. The minimum absolute atomic E-state index is 0.0670. The molecule has 0 heterocycles. The van der Waals surface area contributed by atoms with Gasteiger partial charge in [-0.2, -0.15) is 0 Å². The molecule has 0 unspecified atom stereocenters. The standard InChI is InChI=1S/C17H16O3/c1-12(11-13-7-3-2-4-8-13)16(18)14-9-5-6-10-15(14)17(19)20/h2-10,12H,11H2,1H3,(H,19,20)/t12-/m0/s1. The van der Waals surface area contributed by atoms with Crippen molar-refractivity contribution in [3.63, 3.8) is 0 Å². The molecule has 2 aromatic rings. The Bertz CT molecular complexity index is 617. The number of hydrogen-bond donors (Lipinski definition) is 1. The van der Waals surface area contributed by atoms with Crippen LogP contribution < -0.4 is 0 Å². The highest BCUT2D eigenvalue weighted by Gasteiger charge is 2.21. The van der Waals surface area contributed by atoms with Crippen molar-refractivity contribution in [3.8, 4) is 0 Å². The van der Waals surface area contributed by atoms with Crippen molar-refractivity contribution < 1.29 is 14.7 Å². The van der Waals surface area contributed by atoms with Crippen molar-refractivity contribution in [2.45, 2.75) is 13.3 Å². The van der Waals surface area contributed by atoms with Gasteiger partial charge in [-0.25, -0.2) is 4.79 Å². The van der Waals surface area contributed by atoms with Gasteiger partial charge in [-0.3, -0.25) is 4.79 Å². The smallest absolute Gasteiger partial charge is 0.336 e. The molecule has 3 heteroatoms. The number of Topliss-reactive ketones (excluding diaryl/α,β-unsaturated/α-hetero) is 1. The van der Waals surface area contributed by atoms with Crippen LogP contribution in [0.3, 0.4) is 0 Å². The maximum atomic E-state index is 12.4. The van der Waals surface area contributed by atoms with E-state index in [2.05, 4.69) is 0 Å². The van der Waals surface area contributed by atoms with Crippen LogP contribution in [0.2, 0.25) is 0 Å². The predicted molar refractivity (Wildman–Crippen MR) is 77.0 cm³/mol. The Kier molecular flexibility index (Phi) is 4.31. The summed E-state index contributed by atoms with van der Waals surface area (Å²) in [5.74, 6) is -1.45. The average molecular weight is 268 g/mol. The van der Waals surface area contributed by atoms with Crippen molar-refractivity contribution in [1.82, 2.24) is 0 Å². The Labute approximate surface area is 117 Å². The summed E-state index contributed by atoms with van der Waals surface area (Å²) in [6.07, 6.45) is 0.605. The van der Waals surface area contributed by atoms with Crippen LogP contribution in [0.15, 0.2) is 54.6 Å². The molecule has 0 saturated carbocycles. The number of benzene rings is 2. The van der Waals surface area contributed by atoms with Gasteiger partial charge in [0.05, 0.1) is 5.56 Å². The fourth-order valence-corrected chi connectivity index (χ4v) is 2.21. The Morgan fingerprint density at radius 2 is 1.50 bits per heavy atom. The maximum absolute atomic E-state index is 12.4. The molecule has 0 aromatic heterocycles. The molecule has 2 rings (SSSR count). The molecule has 0 fully saturated rings. The zero-order valence-electron chi connectivity index (χ0n) is 11.2. The molecule has 0 aliphatic carbocycles. The number of ketones is 1. The number of carboxylic acids is 1. The predicted octanol–water partition coefficient (Wildman–Crippen LogP) is 3.45. The molecule has 1 atom stereocenters. The van der Waals surface area contributed by atoms with Crippen LogP contribution in [-0.2, 0) is 6.42 Å². The van der Waals surface area contributed by atoms with Gasteiger partial charge in [0, 0.05) is 11.5 Å². The number of carbonyl (C=O) groups is 2. The topological polar surface area (TPSA) is 54.4 Å². The summed E-state index contributed by atoms with van der Waals surface area (Å²) in [6.45, 7) is 1.83. The molecular formula is C17H16O3. The molecule has 0 amide bonds.